The van der Waals surface area contributed by atoms with Gasteiger partial charge in [0.1, 0.15) is 6.61 Å². The first-order valence-corrected chi connectivity index (χ1v) is 5.40. The van der Waals surface area contributed by atoms with Crippen molar-refractivity contribution >= 4 is 11.7 Å². The topological polar surface area (TPSA) is 47.9 Å². The molecule has 1 aromatic rings. The number of hydrogen-bond donors (Lipinski definition) is 0. The molecular formula is C13H17NO3. The predicted molar refractivity (Wildman–Crippen MR) is 65.7 cm³/mol. The van der Waals surface area contributed by atoms with Gasteiger partial charge in [-0.3, -0.25) is 4.79 Å². The largest absolute Gasteiger partial charge is 0.469 e. The molecule has 0 spiro atoms. The average Bonchev–Trinajstić information content (AvgIpc) is 2.30. The Hall–Kier alpha value is -1.84. The van der Waals surface area contributed by atoms with Crippen LogP contribution in [0.4, 0.5) is 0 Å². The number of ether oxygens (including phenoxy) is 1. The first kappa shape index (κ1) is 13.2. The molecule has 4 nitrogen and oxygen atoms in total. The van der Waals surface area contributed by atoms with Gasteiger partial charge in [-0.15, -0.1) is 0 Å². The molecule has 0 fully saturated rings. The maximum atomic E-state index is 11.2. The summed E-state index contributed by atoms with van der Waals surface area (Å²) in [6.07, 6.45) is 0.255. The van der Waals surface area contributed by atoms with Gasteiger partial charge in [-0.25, -0.2) is 0 Å². The molecule has 0 bridgehead atoms. The summed E-state index contributed by atoms with van der Waals surface area (Å²) in [5.41, 5.74) is 2.71. The number of hydrogen-bond acceptors (Lipinski definition) is 4. The standard InChI is InChI=1S/C13H17NO3/c1-10(2)14-17-9-12-7-5-4-6-11(12)8-13(15)16-3/h4-7H,8-9H2,1-3H3. The van der Waals surface area contributed by atoms with Gasteiger partial charge in [-0.05, 0) is 25.0 Å². The normalized spacial score (nSPS) is 9.59. The van der Waals surface area contributed by atoms with E-state index in [1.807, 2.05) is 38.1 Å². The number of carbonyl (C=O) groups excluding carboxylic acids is 1. The molecule has 0 saturated carbocycles. The minimum atomic E-state index is -0.257. The van der Waals surface area contributed by atoms with Crippen LogP contribution in [-0.4, -0.2) is 18.8 Å². The first-order valence-electron chi connectivity index (χ1n) is 5.40. The van der Waals surface area contributed by atoms with Crippen LogP contribution >= 0.6 is 0 Å². The van der Waals surface area contributed by atoms with Crippen LogP contribution in [0.25, 0.3) is 0 Å². The Morgan fingerprint density at radius 2 is 1.88 bits per heavy atom. The molecule has 0 unspecified atom stereocenters. The van der Waals surface area contributed by atoms with Crippen molar-refractivity contribution in [3.8, 4) is 0 Å². The van der Waals surface area contributed by atoms with Crippen LogP contribution in [0.3, 0.4) is 0 Å². The van der Waals surface area contributed by atoms with Gasteiger partial charge in [0.2, 0.25) is 0 Å². The fraction of sp³-hybridized carbons (Fsp3) is 0.385. The van der Waals surface area contributed by atoms with E-state index in [2.05, 4.69) is 9.89 Å². The Morgan fingerprint density at radius 3 is 2.47 bits per heavy atom. The highest BCUT2D eigenvalue weighted by molar-refractivity contribution is 5.78. The fourth-order valence-electron chi connectivity index (χ4n) is 1.33. The van der Waals surface area contributed by atoms with Crippen LogP contribution < -0.4 is 0 Å². The third kappa shape index (κ3) is 4.68. The van der Waals surface area contributed by atoms with Crippen LogP contribution in [0.2, 0.25) is 0 Å². The Labute approximate surface area is 101 Å². The van der Waals surface area contributed by atoms with Crippen LogP contribution in [0.1, 0.15) is 25.0 Å². The van der Waals surface area contributed by atoms with Crippen LogP contribution in [0, 0.1) is 0 Å². The van der Waals surface area contributed by atoms with Gasteiger partial charge in [0, 0.05) is 0 Å². The van der Waals surface area contributed by atoms with E-state index in [1.54, 1.807) is 0 Å². The lowest BCUT2D eigenvalue weighted by Crippen LogP contribution is -2.07. The summed E-state index contributed by atoms with van der Waals surface area (Å²) < 4.78 is 4.64. The van der Waals surface area contributed by atoms with E-state index in [-0.39, 0.29) is 12.4 Å². The fourth-order valence-corrected chi connectivity index (χ4v) is 1.33. The maximum Gasteiger partial charge on any atom is 0.309 e. The Kier molecular flexibility index (Phi) is 5.20. The molecule has 92 valence electrons. The second-order valence-corrected chi connectivity index (χ2v) is 3.83. The lowest BCUT2D eigenvalue weighted by atomic mass is 10.1. The van der Waals surface area contributed by atoms with E-state index in [0.717, 1.165) is 16.8 Å². The summed E-state index contributed by atoms with van der Waals surface area (Å²) in [5, 5.41) is 3.86. The van der Waals surface area contributed by atoms with E-state index in [4.69, 9.17) is 4.84 Å². The molecular weight excluding hydrogens is 218 g/mol. The van der Waals surface area contributed by atoms with Crippen LogP contribution in [0.15, 0.2) is 29.4 Å². The highest BCUT2D eigenvalue weighted by atomic mass is 16.6. The third-order valence-corrected chi connectivity index (χ3v) is 2.15. The average molecular weight is 235 g/mol. The van der Waals surface area contributed by atoms with Crippen LogP contribution in [0.5, 0.6) is 0 Å². The summed E-state index contributed by atoms with van der Waals surface area (Å²) in [6.45, 7) is 4.08. The predicted octanol–water partition coefficient (Wildman–Crippen LogP) is 2.31. The number of oxime groups is 1. The van der Waals surface area contributed by atoms with Crippen molar-refractivity contribution in [2.24, 2.45) is 5.16 Å². The molecule has 0 N–H and O–H groups in total. The molecule has 1 aromatic carbocycles. The molecule has 0 radical (unpaired) electrons. The summed E-state index contributed by atoms with van der Waals surface area (Å²) in [7, 11) is 1.38. The van der Waals surface area contributed by atoms with Gasteiger partial charge < -0.3 is 9.57 Å². The number of methoxy groups -OCH3 is 1. The van der Waals surface area contributed by atoms with E-state index >= 15 is 0 Å². The minimum Gasteiger partial charge on any atom is -0.469 e. The molecule has 0 amide bonds. The molecule has 0 aromatic heterocycles. The first-order chi connectivity index (χ1) is 8.13. The molecule has 17 heavy (non-hydrogen) atoms. The highest BCUT2D eigenvalue weighted by Crippen LogP contribution is 2.11. The highest BCUT2D eigenvalue weighted by Gasteiger charge is 2.07. The van der Waals surface area contributed by atoms with Crippen LogP contribution in [-0.2, 0) is 27.4 Å². The van der Waals surface area contributed by atoms with E-state index in [0.29, 0.717) is 6.61 Å². The third-order valence-electron chi connectivity index (χ3n) is 2.15. The zero-order valence-electron chi connectivity index (χ0n) is 10.4. The molecule has 1 rings (SSSR count). The van der Waals surface area contributed by atoms with E-state index in [1.165, 1.54) is 7.11 Å². The molecule has 0 saturated heterocycles. The summed E-state index contributed by atoms with van der Waals surface area (Å²) in [6, 6.07) is 7.59. The van der Waals surface area contributed by atoms with Gasteiger partial charge in [-0.2, -0.15) is 0 Å². The summed E-state index contributed by atoms with van der Waals surface area (Å²) in [5.74, 6) is -0.257. The van der Waals surface area contributed by atoms with Gasteiger partial charge in [0.25, 0.3) is 0 Å². The Bertz CT molecular complexity index is 409. The Balaban J connectivity index is 2.70. The van der Waals surface area contributed by atoms with Gasteiger partial charge in [-0.1, -0.05) is 29.4 Å². The van der Waals surface area contributed by atoms with Crippen molar-refractivity contribution in [2.45, 2.75) is 26.9 Å². The molecule has 4 heteroatoms. The smallest absolute Gasteiger partial charge is 0.309 e. The van der Waals surface area contributed by atoms with Crippen molar-refractivity contribution in [2.75, 3.05) is 7.11 Å². The molecule has 0 aliphatic rings. The van der Waals surface area contributed by atoms with Crippen molar-refractivity contribution in [3.05, 3.63) is 35.4 Å². The lowest BCUT2D eigenvalue weighted by Gasteiger charge is -2.07. The summed E-state index contributed by atoms with van der Waals surface area (Å²) in [4.78, 5) is 16.4. The zero-order valence-corrected chi connectivity index (χ0v) is 10.4. The minimum absolute atomic E-state index is 0.255. The number of carbonyl (C=O) groups is 1. The van der Waals surface area contributed by atoms with Crippen molar-refractivity contribution in [1.82, 2.24) is 0 Å². The SMILES string of the molecule is COC(=O)Cc1ccccc1CON=C(C)C. The zero-order chi connectivity index (χ0) is 12.7. The van der Waals surface area contributed by atoms with Crippen molar-refractivity contribution in [1.29, 1.82) is 0 Å². The van der Waals surface area contributed by atoms with Gasteiger partial charge in [0.05, 0.1) is 19.2 Å². The quantitative estimate of drug-likeness (QED) is 0.447. The molecule has 0 heterocycles. The van der Waals surface area contributed by atoms with Gasteiger partial charge >= 0.3 is 5.97 Å². The number of rotatable bonds is 5. The maximum absolute atomic E-state index is 11.2. The van der Waals surface area contributed by atoms with E-state index < -0.39 is 0 Å². The summed E-state index contributed by atoms with van der Waals surface area (Å²) >= 11 is 0. The van der Waals surface area contributed by atoms with E-state index in [9.17, 15) is 4.79 Å². The monoisotopic (exact) mass is 235 g/mol. The second-order valence-electron chi connectivity index (χ2n) is 3.83. The number of nitrogens with zero attached hydrogens (tertiary/aromatic N) is 1. The Morgan fingerprint density at radius 1 is 1.24 bits per heavy atom. The van der Waals surface area contributed by atoms with Gasteiger partial charge in [0.15, 0.2) is 0 Å². The molecule has 0 aliphatic heterocycles. The molecule has 0 aliphatic carbocycles. The van der Waals surface area contributed by atoms with Crippen molar-refractivity contribution in [3.63, 3.8) is 0 Å². The van der Waals surface area contributed by atoms with Crippen molar-refractivity contribution < 1.29 is 14.4 Å². The lowest BCUT2D eigenvalue weighted by molar-refractivity contribution is -0.139. The molecule has 0 atom stereocenters. The number of benzene rings is 1. The second kappa shape index (κ2) is 6.68. The number of esters is 1.